The molecule has 6 rings (SSSR count). The quantitative estimate of drug-likeness (QED) is 0.611. The van der Waals surface area contributed by atoms with E-state index in [1.54, 1.807) is 24.0 Å². The molecule has 0 saturated heterocycles. The summed E-state index contributed by atoms with van der Waals surface area (Å²) in [5.41, 5.74) is 1.37. The van der Waals surface area contributed by atoms with Crippen molar-refractivity contribution in [1.29, 1.82) is 0 Å². The summed E-state index contributed by atoms with van der Waals surface area (Å²) in [6, 6.07) is 0.998. The summed E-state index contributed by atoms with van der Waals surface area (Å²) in [4.78, 5) is 36.2. The molecule has 3 fully saturated rings. The van der Waals surface area contributed by atoms with Gasteiger partial charge in [0.2, 0.25) is 0 Å². The fourth-order valence-electron chi connectivity index (χ4n) is 5.23. The number of pyridine rings is 1. The molecule has 0 aliphatic heterocycles. The van der Waals surface area contributed by atoms with Crippen molar-refractivity contribution in [2.75, 3.05) is 0 Å². The maximum atomic E-state index is 13.7. The van der Waals surface area contributed by atoms with E-state index in [2.05, 4.69) is 20.3 Å². The van der Waals surface area contributed by atoms with Crippen LogP contribution in [0, 0.1) is 23.6 Å². The summed E-state index contributed by atoms with van der Waals surface area (Å²) in [5.74, 6) is -1.43. The zero-order valence-corrected chi connectivity index (χ0v) is 16.4. The lowest BCUT2D eigenvalue weighted by molar-refractivity contribution is -0.149. The van der Waals surface area contributed by atoms with Crippen LogP contribution in [0.1, 0.15) is 36.2 Å². The van der Waals surface area contributed by atoms with Gasteiger partial charge in [0.25, 0.3) is 5.91 Å². The van der Waals surface area contributed by atoms with Gasteiger partial charge in [0.15, 0.2) is 0 Å². The van der Waals surface area contributed by atoms with Crippen LogP contribution in [0.25, 0.3) is 22.4 Å². The third-order valence-corrected chi connectivity index (χ3v) is 6.65. The largest absolute Gasteiger partial charge is 0.481 e. The second-order valence-corrected chi connectivity index (χ2v) is 8.35. The molecule has 2 atom stereocenters. The van der Waals surface area contributed by atoms with Crippen LogP contribution < -0.4 is 5.32 Å². The van der Waals surface area contributed by atoms with Gasteiger partial charge in [-0.3, -0.25) is 9.59 Å². The molecule has 3 saturated carbocycles. The highest BCUT2D eigenvalue weighted by Crippen LogP contribution is 2.45. The molecule has 30 heavy (non-hydrogen) atoms. The molecule has 0 radical (unpaired) electrons. The molecule has 3 aliphatic rings. The number of aliphatic carboxylic acids is 1. The highest BCUT2D eigenvalue weighted by atomic mass is 19.1. The van der Waals surface area contributed by atoms with E-state index in [4.69, 9.17) is 0 Å². The number of nitrogens with zero attached hydrogens (tertiary/aromatic N) is 3. The molecule has 1 amide bonds. The van der Waals surface area contributed by atoms with E-state index < -0.39 is 17.7 Å². The Morgan fingerprint density at radius 2 is 2.00 bits per heavy atom. The Kier molecular flexibility index (Phi) is 4.34. The zero-order valence-electron chi connectivity index (χ0n) is 16.4. The number of rotatable bonds is 4. The lowest BCUT2D eigenvalue weighted by Crippen LogP contribution is -2.56. The Morgan fingerprint density at radius 1 is 1.27 bits per heavy atom. The van der Waals surface area contributed by atoms with Crippen LogP contribution in [0.2, 0.25) is 0 Å². The van der Waals surface area contributed by atoms with Crippen LogP contribution in [0.5, 0.6) is 0 Å². The fraction of sp³-hybridized carbons (Fsp3) is 0.429. The number of halogens is 1. The van der Waals surface area contributed by atoms with Crippen LogP contribution in [0.4, 0.5) is 4.39 Å². The molecule has 3 aromatic rings. The molecule has 0 aromatic carbocycles. The SMILES string of the molecule is Cn1cc(C(=O)NC2C3CCC(CC3)[C@@H]2C(=O)O)nc1-c1c[nH]c2ncc(F)cc12. The predicted octanol–water partition coefficient (Wildman–Crippen LogP) is 2.72. The van der Waals surface area contributed by atoms with Gasteiger partial charge in [-0.1, -0.05) is 0 Å². The molecule has 2 bridgehead atoms. The first-order valence-electron chi connectivity index (χ1n) is 10.1. The van der Waals surface area contributed by atoms with Gasteiger partial charge in [-0.2, -0.15) is 0 Å². The number of carboxylic acid groups (broad SMARTS) is 1. The minimum Gasteiger partial charge on any atom is -0.481 e. The minimum absolute atomic E-state index is 0.116. The number of carbonyl (C=O) groups is 2. The topological polar surface area (TPSA) is 113 Å². The summed E-state index contributed by atoms with van der Waals surface area (Å²) in [5, 5.41) is 13.2. The Morgan fingerprint density at radius 3 is 2.73 bits per heavy atom. The van der Waals surface area contributed by atoms with E-state index in [1.165, 1.54) is 6.07 Å². The average Bonchev–Trinajstić information content (AvgIpc) is 3.31. The highest BCUT2D eigenvalue weighted by Gasteiger charge is 2.48. The van der Waals surface area contributed by atoms with E-state index in [-0.39, 0.29) is 29.5 Å². The second kappa shape index (κ2) is 6.93. The van der Waals surface area contributed by atoms with Gasteiger partial charge >= 0.3 is 5.97 Å². The van der Waals surface area contributed by atoms with E-state index in [0.29, 0.717) is 22.4 Å². The van der Waals surface area contributed by atoms with Crippen LogP contribution in [0.3, 0.4) is 0 Å². The first kappa shape index (κ1) is 18.8. The number of hydrogen-bond donors (Lipinski definition) is 3. The third kappa shape index (κ3) is 2.96. The summed E-state index contributed by atoms with van der Waals surface area (Å²) < 4.78 is 15.4. The number of amides is 1. The predicted molar refractivity (Wildman–Crippen MR) is 106 cm³/mol. The van der Waals surface area contributed by atoms with Crippen molar-refractivity contribution in [2.24, 2.45) is 24.8 Å². The minimum atomic E-state index is -0.843. The molecule has 9 heteroatoms. The smallest absolute Gasteiger partial charge is 0.308 e. The maximum absolute atomic E-state index is 13.7. The first-order valence-corrected chi connectivity index (χ1v) is 10.1. The number of aromatic nitrogens is 4. The van der Waals surface area contributed by atoms with Crippen molar-refractivity contribution in [3.63, 3.8) is 0 Å². The van der Waals surface area contributed by atoms with Crippen molar-refractivity contribution in [3.05, 3.63) is 36.2 Å². The number of H-pyrrole nitrogens is 1. The standard InChI is InChI=1S/C21H22FN5O3/c1-27-9-15(25-19(27)14-8-24-18-13(14)6-12(22)7-23-18)20(28)26-17-11-4-2-10(3-5-11)16(17)21(29)30/h6-11,16-17H,2-5H2,1H3,(H,23,24)(H,26,28)(H,29,30)/t10?,11?,16-,17?/m0/s1. The summed E-state index contributed by atoms with van der Waals surface area (Å²) in [6.07, 6.45) is 8.13. The average molecular weight is 411 g/mol. The number of carbonyl (C=O) groups excluding carboxylic acids is 1. The number of imidazole rings is 1. The van der Waals surface area contributed by atoms with E-state index in [9.17, 15) is 19.1 Å². The van der Waals surface area contributed by atoms with Gasteiger partial charge in [-0.05, 0) is 43.6 Å². The normalized spacial score (nSPS) is 25.5. The number of fused-ring (bicyclic) bond motifs is 4. The molecule has 3 heterocycles. The number of hydrogen-bond acceptors (Lipinski definition) is 4. The molecule has 0 spiro atoms. The molecule has 156 valence electrons. The van der Waals surface area contributed by atoms with Gasteiger partial charge in [0.05, 0.1) is 12.1 Å². The zero-order chi connectivity index (χ0) is 21.0. The Balaban J connectivity index is 1.43. The Labute approximate surface area is 171 Å². The highest BCUT2D eigenvalue weighted by molar-refractivity contribution is 5.95. The van der Waals surface area contributed by atoms with Crippen LogP contribution in [-0.2, 0) is 11.8 Å². The molecule has 8 nitrogen and oxygen atoms in total. The maximum Gasteiger partial charge on any atom is 0.308 e. The van der Waals surface area contributed by atoms with Gasteiger partial charge in [0.1, 0.15) is 23.0 Å². The van der Waals surface area contributed by atoms with Gasteiger partial charge < -0.3 is 20.0 Å². The van der Waals surface area contributed by atoms with Crippen LogP contribution >= 0.6 is 0 Å². The number of aromatic amines is 1. The number of carboxylic acids is 1. The number of aryl methyl sites for hydroxylation is 1. The van der Waals surface area contributed by atoms with Crippen molar-refractivity contribution < 1.29 is 19.1 Å². The summed E-state index contributed by atoms with van der Waals surface area (Å²) in [7, 11) is 1.76. The molecule has 3 N–H and O–H groups in total. The van der Waals surface area contributed by atoms with E-state index >= 15 is 0 Å². The first-order chi connectivity index (χ1) is 14.4. The monoisotopic (exact) mass is 411 g/mol. The lowest BCUT2D eigenvalue weighted by Gasteiger charge is -2.46. The van der Waals surface area contributed by atoms with Gasteiger partial charge in [0, 0.05) is 36.4 Å². The summed E-state index contributed by atoms with van der Waals surface area (Å²) >= 11 is 0. The van der Waals surface area contributed by atoms with Crippen LogP contribution in [-0.4, -0.2) is 42.5 Å². The van der Waals surface area contributed by atoms with Crippen molar-refractivity contribution in [3.8, 4) is 11.4 Å². The molecular formula is C21H22FN5O3. The number of nitrogens with one attached hydrogen (secondary N) is 2. The summed E-state index contributed by atoms with van der Waals surface area (Å²) in [6.45, 7) is 0. The molecular weight excluding hydrogens is 389 g/mol. The van der Waals surface area contributed by atoms with Gasteiger partial charge in [-0.25, -0.2) is 14.4 Å². The van der Waals surface area contributed by atoms with Gasteiger partial charge in [-0.15, -0.1) is 0 Å². The molecule has 3 aromatic heterocycles. The Bertz CT molecular complexity index is 1140. The fourth-order valence-corrected chi connectivity index (χ4v) is 5.23. The molecule has 3 aliphatic carbocycles. The van der Waals surface area contributed by atoms with Crippen molar-refractivity contribution in [1.82, 2.24) is 24.8 Å². The second-order valence-electron chi connectivity index (χ2n) is 8.35. The third-order valence-electron chi connectivity index (χ3n) is 6.65. The molecule has 1 unspecified atom stereocenters. The van der Waals surface area contributed by atoms with Crippen molar-refractivity contribution >= 4 is 22.9 Å². The lowest BCUT2D eigenvalue weighted by atomic mass is 9.61. The Hall–Kier alpha value is -3.23. The van der Waals surface area contributed by atoms with Crippen molar-refractivity contribution in [2.45, 2.75) is 31.7 Å². The van der Waals surface area contributed by atoms with Crippen LogP contribution in [0.15, 0.2) is 24.7 Å². The van der Waals surface area contributed by atoms with E-state index in [1.807, 2.05) is 0 Å². The van der Waals surface area contributed by atoms with E-state index in [0.717, 1.165) is 31.9 Å².